The van der Waals surface area contributed by atoms with Crippen molar-refractivity contribution in [2.75, 3.05) is 6.54 Å². The van der Waals surface area contributed by atoms with Crippen LogP contribution in [0.1, 0.15) is 68.6 Å². The summed E-state index contributed by atoms with van der Waals surface area (Å²) < 4.78 is 1.71. The van der Waals surface area contributed by atoms with Gasteiger partial charge in [-0.2, -0.15) is 5.10 Å². The van der Waals surface area contributed by atoms with Gasteiger partial charge in [0.25, 0.3) is 5.91 Å². The number of carboxylic acids is 1. The molecule has 2 heterocycles. The molecular formula is C17H27N3O3. The van der Waals surface area contributed by atoms with E-state index in [-0.39, 0.29) is 12.3 Å². The minimum atomic E-state index is -0.844. The molecule has 1 N–H and O–H groups in total. The zero-order valence-electron chi connectivity index (χ0n) is 14.1. The van der Waals surface area contributed by atoms with Crippen molar-refractivity contribution in [2.24, 2.45) is 0 Å². The van der Waals surface area contributed by atoms with Gasteiger partial charge in [0.05, 0.1) is 12.1 Å². The second-order valence-electron chi connectivity index (χ2n) is 6.17. The molecule has 23 heavy (non-hydrogen) atoms. The molecule has 1 aliphatic heterocycles. The van der Waals surface area contributed by atoms with E-state index >= 15 is 0 Å². The number of aromatic nitrogens is 2. The van der Waals surface area contributed by atoms with E-state index in [1.54, 1.807) is 10.7 Å². The van der Waals surface area contributed by atoms with Crippen molar-refractivity contribution in [1.82, 2.24) is 14.7 Å². The average molecular weight is 321 g/mol. The third-order valence-corrected chi connectivity index (χ3v) is 4.45. The fraction of sp³-hybridized carbons (Fsp3) is 0.706. The number of carbonyl (C=O) groups is 2. The number of nitrogens with zero attached hydrogens (tertiary/aromatic N) is 3. The number of likely N-dealkylation sites (tertiary alicyclic amines) is 1. The van der Waals surface area contributed by atoms with E-state index in [0.29, 0.717) is 30.4 Å². The van der Waals surface area contributed by atoms with Gasteiger partial charge in [0.2, 0.25) is 0 Å². The number of carbonyl (C=O) groups excluding carboxylic acids is 1. The third-order valence-electron chi connectivity index (χ3n) is 4.45. The van der Waals surface area contributed by atoms with Crippen LogP contribution in [0.2, 0.25) is 0 Å². The Kier molecular flexibility index (Phi) is 6.19. The molecule has 1 amide bonds. The van der Waals surface area contributed by atoms with Gasteiger partial charge in [-0.15, -0.1) is 0 Å². The number of aryl methyl sites for hydroxylation is 2. The first kappa shape index (κ1) is 17.5. The van der Waals surface area contributed by atoms with Crippen LogP contribution in [0.15, 0.2) is 6.07 Å². The maximum absolute atomic E-state index is 13.0. The first-order chi connectivity index (χ1) is 11.1. The molecular weight excluding hydrogens is 294 g/mol. The van der Waals surface area contributed by atoms with Crippen molar-refractivity contribution in [3.8, 4) is 0 Å². The maximum atomic E-state index is 13.0. The van der Waals surface area contributed by atoms with Gasteiger partial charge in [-0.25, -0.2) is 0 Å². The normalized spacial score (nSPS) is 18.2. The van der Waals surface area contributed by atoms with Crippen LogP contribution in [-0.4, -0.2) is 44.3 Å². The molecule has 1 aliphatic rings. The van der Waals surface area contributed by atoms with E-state index in [9.17, 15) is 9.59 Å². The number of carboxylic acid groups (broad SMARTS) is 1. The lowest BCUT2D eigenvalue weighted by Gasteiger charge is -2.35. The lowest BCUT2D eigenvalue weighted by Crippen LogP contribution is -2.44. The number of aliphatic carboxylic acids is 1. The van der Waals surface area contributed by atoms with E-state index in [1.165, 1.54) is 6.42 Å². The zero-order chi connectivity index (χ0) is 16.8. The predicted molar refractivity (Wildman–Crippen MR) is 87.4 cm³/mol. The Labute approximate surface area is 137 Å². The van der Waals surface area contributed by atoms with Crippen LogP contribution in [-0.2, 0) is 17.8 Å². The Morgan fingerprint density at radius 3 is 2.78 bits per heavy atom. The predicted octanol–water partition coefficient (Wildman–Crippen LogP) is 2.72. The first-order valence-electron chi connectivity index (χ1n) is 8.66. The highest BCUT2D eigenvalue weighted by Gasteiger charge is 2.29. The zero-order valence-corrected chi connectivity index (χ0v) is 14.1. The smallest absolute Gasteiger partial charge is 0.303 e. The van der Waals surface area contributed by atoms with E-state index in [0.717, 1.165) is 32.2 Å². The van der Waals surface area contributed by atoms with Gasteiger partial charge in [-0.1, -0.05) is 13.3 Å². The summed E-state index contributed by atoms with van der Waals surface area (Å²) in [5.74, 6) is -0.804. The summed E-state index contributed by atoms with van der Waals surface area (Å²) in [5, 5.41) is 13.2. The van der Waals surface area contributed by atoms with Gasteiger partial charge in [-0.05, 0) is 38.7 Å². The second kappa shape index (κ2) is 8.13. The molecule has 2 rings (SSSR count). The van der Waals surface area contributed by atoms with Crippen LogP contribution in [0.3, 0.4) is 0 Å². The highest BCUT2D eigenvalue weighted by Crippen LogP contribution is 2.23. The van der Waals surface area contributed by atoms with Crippen LogP contribution in [0.5, 0.6) is 0 Å². The Morgan fingerprint density at radius 2 is 2.13 bits per heavy atom. The monoisotopic (exact) mass is 321 g/mol. The molecule has 128 valence electrons. The first-order valence-corrected chi connectivity index (χ1v) is 8.66. The van der Waals surface area contributed by atoms with Gasteiger partial charge in [-0.3, -0.25) is 14.3 Å². The minimum Gasteiger partial charge on any atom is -0.481 e. The Hall–Kier alpha value is -1.85. The molecule has 1 aromatic heterocycles. The quantitative estimate of drug-likeness (QED) is 0.838. The van der Waals surface area contributed by atoms with Crippen molar-refractivity contribution in [3.05, 3.63) is 17.5 Å². The molecule has 1 aromatic rings. The van der Waals surface area contributed by atoms with Crippen molar-refractivity contribution < 1.29 is 14.7 Å². The standard InChI is InChI=1S/C17H27N3O3/c1-3-7-14-8-5-6-11-19(14)17(23)15-12-13(9-10-16(21)22)18-20(15)4-2/h12,14H,3-11H2,1-2H3,(H,21,22). The fourth-order valence-electron chi connectivity index (χ4n) is 3.29. The maximum Gasteiger partial charge on any atom is 0.303 e. The van der Waals surface area contributed by atoms with Gasteiger partial charge in [0.15, 0.2) is 0 Å². The molecule has 0 aromatic carbocycles. The number of rotatable bonds is 7. The van der Waals surface area contributed by atoms with E-state index in [1.807, 2.05) is 11.8 Å². The minimum absolute atomic E-state index is 0.0382. The number of hydrogen-bond acceptors (Lipinski definition) is 3. The molecule has 1 unspecified atom stereocenters. The van der Waals surface area contributed by atoms with Crippen LogP contribution in [0.4, 0.5) is 0 Å². The molecule has 0 radical (unpaired) electrons. The number of hydrogen-bond donors (Lipinski definition) is 1. The highest BCUT2D eigenvalue weighted by molar-refractivity contribution is 5.93. The van der Waals surface area contributed by atoms with Crippen LogP contribution < -0.4 is 0 Å². The molecule has 1 atom stereocenters. The van der Waals surface area contributed by atoms with Gasteiger partial charge in [0, 0.05) is 25.6 Å². The summed E-state index contributed by atoms with van der Waals surface area (Å²) in [7, 11) is 0. The van der Waals surface area contributed by atoms with Gasteiger partial charge in [0.1, 0.15) is 5.69 Å². The lowest BCUT2D eigenvalue weighted by atomic mass is 9.98. The molecule has 0 saturated carbocycles. The summed E-state index contributed by atoms with van der Waals surface area (Å²) in [5.41, 5.74) is 1.28. The number of amides is 1. The molecule has 0 bridgehead atoms. The topological polar surface area (TPSA) is 75.4 Å². The lowest BCUT2D eigenvalue weighted by molar-refractivity contribution is -0.136. The third kappa shape index (κ3) is 4.33. The second-order valence-corrected chi connectivity index (χ2v) is 6.17. The van der Waals surface area contributed by atoms with E-state index in [2.05, 4.69) is 12.0 Å². The Bertz CT molecular complexity index is 551. The van der Waals surface area contributed by atoms with Gasteiger partial charge < -0.3 is 10.0 Å². The van der Waals surface area contributed by atoms with Crippen LogP contribution in [0.25, 0.3) is 0 Å². The largest absolute Gasteiger partial charge is 0.481 e. The van der Waals surface area contributed by atoms with Crippen LogP contribution >= 0.6 is 0 Å². The van der Waals surface area contributed by atoms with Gasteiger partial charge >= 0.3 is 5.97 Å². The number of piperidine rings is 1. The van der Waals surface area contributed by atoms with E-state index < -0.39 is 5.97 Å². The molecule has 1 saturated heterocycles. The Balaban J connectivity index is 2.17. The molecule has 1 fully saturated rings. The summed E-state index contributed by atoms with van der Waals surface area (Å²) in [6.45, 7) is 5.52. The Morgan fingerprint density at radius 1 is 1.35 bits per heavy atom. The summed E-state index contributed by atoms with van der Waals surface area (Å²) in [6, 6.07) is 2.09. The van der Waals surface area contributed by atoms with Crippen molar-refractivity contribution in [1.29, 1.82) is 0 Å². The highest BCUT2D eigenvalue weighted by atomic mass is 16.4. The molecule has 0 spiro atoms. The van der Waals surface area contributed by atoms with Crippen molar-refractivity contribution in [3.63, 3.8) is 0 Å². The summed E-state index contributed by atoms with van der Waals surface area (Å²) in [4.78, 5) is 25.7. The summed E-state index contributed by atoms with van der Waals surface area (Å²) >= 11 is 0. The van der Waals surface area contributed by atoms with Crippen LogP contribution in [0, 0.1) is 0 Å². The average Bonchev–Trinajstić information content (AvgIpc) is 2.96. The fourth-order valence-corrected chi connectivity index (χ4v) is 3.29. The van der Waals surface area contributed by atoms with E-state index in [4.69, 9.17) is 5.11 Å². The molecule has 0 aliphatic carbocycles. The van der Waals surface area contributed by atoms with Crippen molar-refractivity contribution >= 4 is 11.9 Å². The van der Waals surface area contributed by atoms with Crippen molar-refractivity contribution in [2.45, 2.75) is 71.4 Å². The molecule has 6 nitrogen and oxygen atoms in total. The summed E-state index contributed by atoms with van der Waals surface area (Å²) in [6.07, 6.45) is 5.83. The SMILES string of the molecule is CCCC1CCCCN1C(=O)c1cc(CCC(=O)O)nn1CC. The molecule has 6 heteroatoms.